The minimum atomic E-state index is -0.754. The largest absolute Gasteiger partial charge is 0.366 e. The summed E-state index contributed by atoms with van der Waals surface area (Å²) in [7, 11) is 2.04. The van der Waals surface area contributed by atoms with Gasteiger partial charge in [-0.25, -0.2) is 9.69 Å². The first-order chi connectivity index (χ1) is 15.0. The molecule has 0 radical (unpaired) electrons. The molecule has 4 amide bonds. The number of halogens is 1. The van der Waals surface area contributed by atoms with Gasteiger partial charge in [-0.1, -0.05) is 28.1 Å². The molecule has 0 bridgehead atoms. The van der Waals surface area contributed by atoms with E-state index in [0.29, 0.717) is 11.3 Å². The van der Waals surface area contributed by atoms with Crippen LogP contribution in [0.3, 0.4) is 0 Å². The average molecular weight is 494 g/mol. The highest BCUT2D eigenvalue weighted by atomic mass is 79.9. The second-order valence-electron chi connectivity index (χ2n) is 8.71. The number of anilines is 2. The predicted octanol–water partition coefficient (Wildman–Crippen LogP) is 5.06. The minimum absolute atomic E-state index is 0.0852. The summed E-state index contributed by atoms with van der Waals surface area (Å²) >= 11 is 3.38. The summed E-state index contributed by atoms with van der Waals surface area (Å²) in [5.41, 5.74) is 4.94. The molecule has 32 heavy (non-hydrogen) atoms. The van der Waals surface area contributed by atoms with Crippen molar-refractivity contribution >= 4 is 56.8 Å². The summed E-state index contributed by atoms with van der Waals surface area (Å²) in [5.74, 6) is -1.35. The van der Waals surface area contributed by atoms with E-state index in [1.807, 2.05) is 31.3 Å². The number of allylic oxidation sites excluding steroid dienone is 1. The summed E-state index contributed by atoms with van der Waals surface area (Å²) in [6.45, 7) is 8.16. The normalized spacial score (nSPS) is 19.1. The number of aryl methyl sites for hydroxylation is 1. The van der Waals surface area contributed by atoms with Crippen LogP contribution >= 0.6 is 15.9 Å². The molecule has 2 heterocycles. The standard InChI is InChI=1S/C25H24BrN3O3/c1-14-10-17(26)7-9-20(14)29-23(31)19(22(30)27-24(29)32)12-16-6-8-21-18(11-16)15(2)13-25(3,4)28(21)5/h6-13H,1-5H3,(H,27,30,32)/b19-12-. The van der Waals surface area contributed by atoms with Crippen LogP contribution in [0.2, 0.25) is 0 Å². The Morgan fingerprint density at radius 1 is 1.00 bits per heavy atom. The maximum Gasteiger partial charge on any atom is 0.335 e. The second kappa shape index (κ2) is 7.74. The van der Waals surface area contributed by atoms with Crippen molar-refractivity contribution < 1.29 is 14.4 Å². The van der Waals surface area contributed by atoms with Crippen LogP contribution in [0.1, 0.15) is 37.5 Å². The topological polar surface area (TPSA) is 69.7 Å². The summed E-state index contributed by atoms with van der Waals surface area (Å²) in [4.78, 5) is 41.5. The van der Waals surface area contributed by atoms with E-state index in [1.165, 1.54) is 0 Å². The minimum Gasteiger partial charge on any atom is -0.366 e. The van der Waals surface area contributed by atoms with Gasteiger partial charge in [-0.15, -0.1) is 0 Å². The fourth-order valence-electron chi connectivity index (χ4n) is 4.18. The highest BCUT2D eigenvalue weighted by Gasteiger charge is 2.37. The van der Waals surface area contributed by atoms with Gasteiger partial charge < -0.3 is 4.90 Å². The molecule has 0 atom stereocenters. The lowest BCUT2D eigenvalue weighted by Gasteiger charge is -2.40. The average Bonchev–Trinajstić information content (AvgIpc) is 2.70. The number of amides is 4. The zero-order chi connectivity index (χ0) is 23.4. The Bertz CT molecular complexity index is 1240. The van der Waals surface area contributed by atoms with Crippen LogP contribution in [0.15, 0.2) is 52.5 Å². The molecule has 0 unspecified atom stereocenters. The van der Waals surface area contributed by atoms with E-state index >= 15 is 0 Å². The van der Waals surface area contributed by atoms with Crippen LogP contribution in [0, 0.1) is 6.92 Å². The van der Waals surface area contributed by atoms with E-state index in [2.05, 4.69) is 53.0 Å². The molecule has 4 rings (SSSR count). The zero-order valence-corrected chi connectivity index (χ0v) is 20.2. The van der Waals surface area contributed by atoms with Crippen molar-refractivity contribution in [3.8, 4) is 0 Å². The molecule has 7 heteroatoms. The molecule has 2 aliphatic heterocycles. The Kier molecular flexibility index (Phi) is 5.33. The number of rotatable bonds is 2. The quantitative estimate of drug-likeness (QED) is 0.469. The SMILES string of the molecule is CC1=CC(C)(C)N(C)c2ccc(/C=C3/C(=O)NC(=O)N(c4ccc(Br)cc4C)C3=O)cc21. The van der Waals surface area contributed by atoms with Crippen molar-refractivity contribution in [2.45, 2.75) is 33.2 Å². The number of carbonyl (C=O) groups excluding carboxylic acids is 3. The van der Waals surface area contributed by atoms with Crippen LogP contribution in [-0.2, 0) is 9.59 Å². The van der Waals surface area contributed by atoms with Gasteiger partial charge >= 0.3 is 6.03 Å². The van der Waals surface area contributed by atoms with Crippen molar-refractivity contribution in [1.82, 2.24) is 5.32 Å². The molecule has 1 fully saturated rings. The number of nitrogens with one attached hydrogen (secondary N) is 1. The van der Waals surface area contributed by atoms with Gasteiger partial charge in [0.25, 0.3) is 11.8 Å². The molecule has 0 aliphatic carbocycles. The molecule has 2 aromatic carbocycles. The lowest BCUT2D eigenvalue weighted by atomic mass is 9.88. The first-order valence-electron chi connectivity index (χ1n) is 10.2. The number of barbiturate groups is 1. The van der Waals surface area contributed by atoms with Crippen molar-refractivity contribution in [2.75, 3.05) is 16.8 Å². The molecule has 0 saturated carbocycles. The molecule has 2 aromatic rings. The summed E-state index contributed by atoms with van der Waals surface area (Å²) < 4.78 is 0.834. The zero-order valence-electron chi connectivity index (χ0n) is 18.6. The molecular weight excluding hydrogens is 470 g/mol. The third kappa shape index (κ3) is 3.66. The third-order valence-electron chi connectivity index (χ3n) is 6.05. The smallest absolute Gasteiger partial charge is 0.335 e. The molecule has 0 aromatic heterocycles. The van der Waals surface area contributed by atoms with E-state index in [9.17, 15) is 14.4 Å². The Morgan fingerprint density at radius 2 is 1.69 bits per heavy atom. The van der Waals surface area contributed by atoms with Crippen LogP contribution in [0.25, 0.3) is 11.6 Å². The van der Waals surface area contributed by atoms with E-state index in [4.69, 9.17) is 0 Å². The maximum absolute atomic E-state index is 13.2. The molecule has 1 N–H and O–H groups in total. The number of likely N-dealkylation sites (N-methyl/N-ethyl adjacent to an activating group) is 1. The van der Waals surface area contributed by atoms with Gasteiger partial charge in [0.05, 0.1) is 11.2 Å². The first-order valence-corrected chi connectivity index (χ1v) is 11.0. The Labute approximate surface area is 195 Å². The van der Waals surface area contributed by atoms with Crippen molar-refractivity contribution in [2.24, 2.45) is 0 Å². The number of hydrogen-bond donors (Lipinski definition) is 1. The van der Waals surface area contributed by atoms with E-state index < -0.39 is 17.8 Å². The molecule has 1 saturated heterocycles. The summed E-state index contributed by atoms with van der Waals surface area (Å²) in [6, 6.07) is 10.3. The van der Waals surface area contributed by atoms with Crippen molar-refractivity contribution in [3.63, 3.8) is 0 Å². The van der Waals surface area contributed by atoms with Gasteiger partial charge in [0.15, 0.2) is 0 Å². The lowest BCUT2D eigenvalue weighted by molar-refractivity contribution is -0.122. The number of fused-ring (bicyclic) bond motifs is 1. The molecule has 6 nitrogen and oxygen atoms in total. The lowest BCUT2D eigenvalue weighted by Crippen LogP contribution is -2.54. The third-order valence-corrected chi connectivity index (χ3v) is 6.55. The van der Waals surface area contributed by atoms with Crippen LogP contribution in [0.4, 0.5) is 16.2 Å². The number of urea groups is 1. The van der Waals surface area contributed by atoms with Gasteiger partial charge in [-0.05, 0) is 80.8 Å². The summed E-state index contributed by atoms with van der Waals surface area (Å²) in [6.07, 6.45) is 3.74. The molecule has 164 valence electrons. The fraction of sp³-hybridized carbons (Fsp3) is 0.240. The second-order valence-corrected chi connectivity index (χ2v) is 9.62. The van der Waals surface area contributed by atoms with Gasteiger partial charge in [0, 0.05) is 22.8 Å². The van der Waals surface area contributed by atoms with Crippen molar-refractivity contribution in [3.05, 3.63) is 69.2 Å². The number of imide groups is 2. The molecular formula is C25H24BrN3O3. The number of nitrogens with zero attached hydrogens (tertiary/aromatic N) is 2. The highest BCUT2D eigenvalue weighted by molar-refractivity contribution is 9.10. The van der Waals surface area contributed by atoms with Crippen LogP contribution in [0.5, 0.6) is 0 Å². The van der Waals surface area contributed by atoms with Gasteiger partial charge in [0.2, 0.25) is 0 Å². The van der Waals surface area contributed by atoms with Gasteiger partial charge in [-0.3, -0.25) is 14.9 Å². The maximum atomic E-state index is 13.2. The number of hydrogen-bond acceptors (Lipinski definition) is 4. The highest BCUT2D eigenvalue weighted by Crippen LogP contribution is 2.38. The van der Waals surface area contributed by atoms with E-state index in [1.54, 1.807) is 25.1 Å². The monoisotopic (exact) mass is 493 g/mol. The Morgan fingerprint density at radius 3 is 2.38 bits per heavy atom. The van der Waals surface area contributed by atoms with Crippen molar-refractivity contribution in [1.29, 1.82) is 0 Å². The van der Waals surface area contributed by atoms with Crippen LogP contribution < -0.4 is 15.1 Å². The first kappa shape index (κ1) is 22.0. The fourth-order valence-corrected chi connectivity index (χ4v) is 4.65. The molecule has 0 spiro atoms. The Hall–Kier alpha value is -3.19. The number of benzene rings is 2. The van der Waals surface area contributed by atoms with E-state index in [0.717, 1.165) is 31.8 Å². The van der Waals surface area contributed by atoms with Crippen LogP contribution in [-0.4, -0.2) is 30.4 Å². The van der Waals surface area contributed by atoms with E-state index in [-0.39, 0.29) is 11.1 Å². The van der Waals surface area contributed by atoms with Gasteiger partial charge in [-0.2, -0.15) is 0 Å². The number of carbonyl (C=O) groups is 3. The Balaban J connectivity index is 1.75. The van der Waals surface area contributed by atoms with Gasteiger partial charge in [0.1, 0.15) is 5.57 Å². The summed E-state index contributed by atoms with van der Waals surface area (Å²) in [5, 5.41) is 2.29. The molecule has 2 aliphatic rings. The predicted molar refractivity (Wildman–Crippen MR) is 130 cm³/mol.